The number of epoxide rings is 1. The van der Waals surface area contributed by atoms with E-state index in [1.807, 2.05) is 25.1 Å². The molecule has 1 aromatic carbocycles. The quantitative estimate of drug-likeness (QED) is 0.501. The van der Waals surface area contributed by atoms with Crippen LogP contribution in [0.1, 0.15) is 27.2 Å². The predicted molar refractivity (Wildman–Crippen MR) is 91.3 cm³/mol. The zero-order valence-electron chi connectivity index (χ0n) is 14.1. The van der Waals surface area contributed by atoms with E-state index in [0.29, 0.717) is 17.9 Å². The SMILES string of the molecule is CC(C)(O)C=CCC1(C)OC1COc1ccc2ccc(=O)oc2c1. The van der Waals surface area contributed by atoms with Crippen molar-refractivity contribution in [1.82, 2.24) is 0 Å². The van der Waals surface area contributed by atoms with E-state index in [1.54, 1.807) is 32.1 Å². The van der Waals surface area contributed by atoms with Crippen LogP contribution in [0.15, 0.2) is 51.7 Å². The van der Waals surface area contributed by atoms with E-state index in [1.165, 1.54) is 6.07 Å². The molecule has 24 heavy (non-hydrogen) atoms. The molecule has 2 heterocycles. The van der Waals surface area contributed by atoms with Gasteiger partial charge < -0.3 is 19.0 Å². The molecule has 0 aliphatic carbocycles. The van der Waals surface area contributed by atoms with Crippen LogP contribution in [0.3, 0.4) is 0 Å². The standard InChI is InChI=1S/C19H22O5/c1-18(2,21)9-4-10-19(3)16(24-19)12-22-14-7-5-13-6-8-17(20)23-15(13)11-14/h4-9,11,16,21H,10,12H2,1-3H3. The summed E-state index contributed by atoms with van der Waals surface area (Å²) >= 11 is 0. The Labute approximate surface area is 140 Å². The molecular formula is C19H22O5. The molecule has 1 N–H and O–H groups in total. The number of hydrogen-bond acceptors (Lipinski definition) is 5. The maximum absolute atomic E-state index is 11.3. The van der Waals surface area contributed by atoms with Crippen LogP contribution >= 0.6 is 0 Å². The lowest BCUT2D eigenvalue weighted by atomic mass is 10.0. The maximum atomic E-state index is 11.3. The number of ether oxygens (including phenoxy) is 2. The monoisotopic (exact) mass is 330 g/mol. The molecule has 5 heteroatoms. The fraction of sp³-hybridized carbons (Fsp3) is 0.421. The highest BCUT2D eigenvalue weighted by molar-refractivity contribution is 5.77. The van der Waals surface area contributed by atoms with E-state index in [2.05, 4.69) is 0 Å². The molecule has 0 bridgehead atoms. The second-order valence-electron chi connectivity index (χ2n) is 6.94. The number of rotatable bonds is 6. The molecule has 0 amide bonds. The summed E-state index contributed by atoms with van der Waals surface area (Å²) in [5.41, 5.74) is -0.943. The van der Waals surface area contributed by atoms with Gasteiger partial charge in [0.1, 0.15) is 24.0 Å². The third-order valence-corrected chi connectivity index (χ3v) is 4.08. The molecule has 0 spiro atoms. The highest BCUT2D eigenvalue weighted by Crippen LogP contribution is 2.40. The van der Waals surface area contributed by atoms with E-state index in [-0.39, 0.29) is 17.3 Å². The first-order valence-electron chi connectivity index (χ1n) is 8.00. The summed E-state index contributed by atoms with van der Waals surface area (Å²) in [5, 5.41) is 10.5. The van der Waals surface area contributed by atoms with Crippen LogP contribution in [0.2, 0.25) is 0 Å². The predicted octanol–water partition coefficient (Wildman–Crippen LogP) is 3.05. The third-order valence-electron chi connectivity index (χ3n) is 4.08. The fourth-order valence-electron chi connectivity index (χ4n) is 2.56. The van der Waals surface area contributed by atoms with Crippen molar-refractivity contribution < 1.29 is 19.0 Å². The molecule has 2 aromatic rings. The van der Waals surface area contributed by atoms with Crippen LogP contribution in [0.25, 0.3) is 11.0 Å². The Bertz CT molecular complexity index is 814. The molecule has 2 atom stereocenters. The van der Waals surface area contributed by atoms with E-state index < -0.39 is 5.60 Å². The summed E-state index contributed by atoms with van der Waals surface area (Å²) in [4.78, 5) is 11.3. The van der Waals surface area contributed by atoms with E-state index in [9.17, 15) is 9.90 Å². The van der Waals surface area contributed by atoms with Crippen LogP contribution in [0.5, 0.6) is 5.75 Å². The average Bonchev–Trinajstić information content (AvgIpc) is 3.13. The summed E-state index contributed by atoms with van der Waals surface area (Å²) in [6, 6.07) is 8.53. The number of aliphatic hydroxyl groups is 1. The normalized spacial score (nSPS) is 23.8. The molecule has 1 aliphatic rings. The van der Waals surface area contributed by atoms with Gasteiger partial charge in [-0.15, -0.1) is 0 Å². The van der Waals surface area contributed by atoms with Crippen molar-refractivity contribution in [3.8, 4) is 5.75 Å². The van der Waals surface area contributed by atoms with Crippen LogP contribution < -0.4 is 10.4 Å². The zero-order chi connectivity index (χ0) is 17.4. The van der Waals surface area contributed by atoms with Crippen molar-refractivity contribution in [1.29, 1.82) is 0 Å². The largest absolute Gasteiger partial charge is 0.491 e. The Morgan fingerprint density at radius 3 is 2.83 bits per heavy atom. The summed E-state index contributed by atoms with van der Waals surface area (Å²) in [7, 11) is 0. The van der Waals surface area contributed by atoms with Gasteiger partial charge >= 0.3 is 5.63 Å². The highest BCUT2D eigenvalue weighted by Gasteiger charge is 2.51. The minimum atomic E-state index is -0.813. The molecule has 0 saturated carbocycles. The van der Waals surface area contributed by atoms with Gasteiger partial charge in [-0.1, -0.05) is 12.2 Å². The lowest BCUT2D eigenvalue weighted by Gasteiger charge is -2.11. The van der Waals surface area contributed by atoms with Crippen molar-refractivity contribution >= 4 is 11.0 Å². The first kappa shape index (κ1) is 16.7. The fourth-order valence-corrected chi connectivity index (χ4v) is 2.56. The van der Waals surface area contributed by atoms with Crippen molar-refractivity contribution in [3.05, 3.63) is 52.9 Å². The first-order valence-corrected chi connectivity index (χ1v) is 8.00. The zero-order valence-corrected chi connectivity index (χ0v) is 14.1. The molecule has 2 unspecified atom stereocenters. The molecule has 3 rings (SSSR count). The van der Waals surface area contributed by atoms with Crippen molar-refractivity contribution in [2.45, 2.75) is 44.5 Å². The van der Waals surface area contributed by atoms with E-state index in [0.717, 1.165) is 11.8 Å². The average molecular weight is 330 g/mol. The Morgan fingerprint density at radius 2 is 2.08 bits per heavy atom. The lowest BCUT2D eigenvalue weighted by Crippen LogP contribution is -2.17. The first-order chi connectivity index (χ1) is 11.3. The Balaban J connectivity index is 1.57. The van der Waals surface area contributed by atoms with Gasteiger partial charge in [0.2, 0.25) is 0 Å². The van der Waals surface area contributed by atoms with Gasteiger partial charge in [0.15, 0.2) is 0 Å². The van der Waals surface area contributed by atoms with Gasteiger partial charge in [-0.25, -0.2) is 4.79 Å². The smallest absolute Gasteiger partial charge is 0.336 e. The Hall–Kier alpha value is -2.11. The van der Waals surface area contributed by atoms with Gasteiger partial charge in [0.25, 0.3) is 0 Å². The second-order valence-corrected chi connectivity index (χ2v) is 6.94. The molecule has 128 valence electrons. The number of hydrogen-bond donors (Lipinski definition) is 1. The topological polar surface area (TPSA) is 72.2 Å². The molecule has 0 radical (unpaired) electrons. The maximum Gasteiger partial charge on any atom is 0.336 e. The van der Waals surface area contributed by atoms with Gasteiger partial charge in [-0.3, -0.25) is 0 Å². The van der Waals surface area contributed by atoms with Crippen LogP contribution in [0.4, 0.5) is 0 Å². The van der Waals surface area contributed by atoms with Crippen molar-refractivity contribution in [2.24, 2.45) is 0 Å². The molecule has 1 saturated heterocycles. The van der Waals surface area contributed by atoms with E-state index >= 15 is 0 Å². The minimum absolute atomic E-state index is 0.00225. The molecular weight excluding hydrogens is 308 g/mol. The summed E-state index contributed by atoms with van der Waals surface area (Å²) < 4.78 is 16.6. The number of fused-ring (bicyclic) bond motifs is 1. The number of benzene rings is 1. The molecule has 1 aromatic heterocycles. The second kappa shape index (κ2) is 6.07. The summed E-state index contributed by atoms with van der Waals surface area (Å²) in [6.07, 6.45) is 4.42. The van der Waals surface area contributed by atoms with Crippen molar-refractivity contribution in [3.63, 3.8) is 0 Å². The molecule has 1 aliphatic heterocycles. The summed E-state index contributed by atoms with van der Waals surface area (Å²) in [6.45, 7) is 5.92. The van der Waals surface area contributed by atoms with Gasteiger partial charge in [-0.05, 0) is 45.4 Å². The van der Waals surface area contributed by atoms with Crippen LogP contribution in [-0.2, 0) is 4.74 Å². The van der Waals surface area contributed by atoms with Crippen molar-refractivity contribution in [2.75, 3.05) is 6.61 Å². The van der Waals surface area contributed by atoms with Gasteiger partial charge in [-0.2, -0.15) is 0 Å². The van der Waals surface area contributed by atoms with Crippen LogP contribution in [-0.4, -0.2) is 29.0 Å². The van der Waals surface area contributed by atoms with E-state index in [4.69, 9.17) is 13.9 Å². The Morgan fingerprint density at radius 1 is 1.33 bits per heavy atom. The summed E-state index contributed by atoms with van der Waals surface area (Å²) in [5.74, 6) is 0.640. The lowest BCUT2D eigenvalue weighted by molar-refractivity contribution is 0.132. The molecule has 5 nitrogen and oxygen atoms in total. The van der Waals surface area contributed by atoms with Gasteiger partial charge in [0.05, 0.1) is 11.2 Å². The van der Waals surface area contributed by atoms with Crippen LogP contribution in [0, 0.1) is 0 Å². The third kappa shape index (κ3) is 4.04. The minimum Gasteiger partial charge on any atom is -0.491 e. The molecule has 1 fully saturated rings. The van der Waals surface area contributed by atoms with Gasteiger partial charge in [0, 0.05) is 17.5 Å². The highest BCUT2D eigenvalue weighted by atomic mass is 16.6. The Kier molecular flexibility index (Phi) is 4.24.